The first-order valence-corrected chi connectivity index (χ1v) is 6.96. The molecule has 1 aromatic rings. The third kappa shape index (κ3) is 3.43. The molecule has 1 heterocycles. The zero-order chi connectivity index (χ0) is 13.1. The van der Waals surface area contributed by atoms with E-state index in [4.69, 9.17) is 5.26 Å². The summed E-state index contributed by atoms with van der Waals surface area (Å²) < 4.78 is 22.1. The lowest BCUT2D eigenvalue weighted by Gasteiger charge is -2.22. The Balaban J connectivity index is 2.78. The molecule has 1 aromatic heterocycles. The number of nitriles is 1. The highest BCUT2D eigenvalue weighted by Gasteiger charge is 2.29. The van der Waals surface area contributed by atoms with E-state index in [9.17, 15) is 8.42 Å². The van der Waals surface area contributed by atoms with E-state index in [1.165, 1.54) is 6.26 Å². The zero-order valence-corrected chi connectivity index (χ0v) is 10.9. The van der Waals surface area contributed by atoms with Crippen molar-refractivity contribution >= 4 is 15.7 Å². The predicted octanol–water partition coefficient (Wildman–Crippen LogP) is 1.19. The summed E-state index contributed by atoms with van der Waals surface area (Å²) in [5.74, 6) is 0.501. The molecule has 0 unspecified atom stereocenters. The minimum Gasteiger partial charge on any atom is -0.368 e. The average molecular weight is 253 g/mol. The second kappa shape index (κ2) is 4.72. The van der Waals surface area contributed by atoms with Gasteiger partial charge in [0.05, 0.1) is 4.75 Å². The Labute approximate surface area is 101 Å². The van der Waals surface area contributed by atoms with Gasteiger partial charge in [-0.3, -0.25) is 0 Å². The first kappa shape index (κ1) is 13.5. The van der Waals surface area contributed by atoms with Crippen molar-refractivity contribution in [2.24, 2.45) is 0 Å². The van der Waals surface area contributed by atoms with Crippen molar-refractivity contribution in [1.29, 1.82) is 5.26 Å². The molecule has 17 heavy (non-hydrogen) atoms. The van der Waals surface area contributed by atoms with Crippen LogP contribution in [0, 0.1) is 11.3 Å². The number of nitrogens with zero attached hydrogens (tertiary/aromatic N) is 2. The van der Waals surface area contributed by atoms with Crippen LogP contribution in [0.25, 0.3) is 0 Å². The minimum atomic E-state index is -3.14. The molecule has 0 radical (unpaired) electrons. The summed E-state index contributed by atoms with van der Waals surface area (Å²) >= 11 is 0. The molecule has 92 valence electrons. The first-order valence-electron chi connectivity index (χ1n) is 5.07. The van der Waals surface area contributed by atoms with E-state index in [2.05, 4.69) is 10.3 Å². The number of nitrogens with one attached hydrogen (secondary N) is 1. The number of aromatic nitrogens is 1. The summed E-state index contributed by atoms with van der Waals surface area (Å²) in [5, 5.41) is 11.6. The maximum atomic E-state index is 11.5. The monoisotopic (exact) mass is 253 g/mol. The highest BCUT2D eigenvalue weighted by atomic mass is 32.2. The standard InChI is InChI=1S/C11H15N3O2S/c1-11(2,17(3,15)16)8-13-10-6-4-5-9(7-12)14-10/h4-6H,8H2,1-3H3,(H,13,14). The SMILES string of the molecule is CC(C)(CNc1cccc(C#N)n1)S(C)(=O)=O. The van der Waals surface area contributed by atoms with Crippen molar-refractivity contribution in [3.63, 3.8) is 0 Å². The van der Waals surface area contributed by atoms with Gasteiger partial charge in [0.1, 0.15) is 17.6 Å². The van der Waals surface area contributed by atoms with E-state index in [1.807, 2.05) is 6.07 Å². The second-order valence-corrected chi connectivity index (χ2v) is 7.05. The van der Waals surface area contributed by atoms with E-state index < -0.39 is 14.6 Å². The van der Waals surface area contributed by atoms with Gasteiger partial charge >= 0.3 is 0 Å². The first-order chi connectivity index (χ1) is 7.76. The smallest absolute Gasteiger partial charge is 0.154 e. The number of hydrogen-bond donors (Lipinski definition) is 1. The molecule has 0 aromatic carbocycles. The molecule has 0 saturated carbocycles. The van der Waals surface area contributed by atoms with Crippen LogP contribution in [0.15, 0.2) is 18.2 Å². The van der Waals surface area contributed by atoms with E-state index in [-0.39, 0.29) is 6.54 Å². The normalized spacial score (nSPS) is 11.9. The average Bonchev–Trinajstić information content (AvgIpc) is 2.25. The summed E-state index contributed by atoms with van der Waals surface area (Å²) in [6, 6.07) is 6.90. The van der Waals surface area contributed by atoms with Gasteiger partial charge in [0, 0.05) is 12.8 Å². The largest absolute Gasteiger partial charge is 0.368 e. The van der Waals surface area contributed by atoms with Gasteiger partial charge in [-0.05, 0) is 26.0 Å². The van der Waals surface area contributed by atoms with Crippen LogP contribution < -0.4 is 5.32 Å². The Morgan fingerprint density at radius 1 is 1.47 bits per heavy atom. The van der Waals surface area contributed by atoms with Crippen LogP contribution in [0.1, 0.15) is 19.5 Å². The Morgan fingerprint density at radius 3 is 2.65 bits per heavy atom. The Kier molecular flexibility index (Phi) is 3.73. The van der Waals surface area contributed by atoms with Gasteiger partial charge < -0.3 is 5.32 Å². The van der Waals surface area contributed by atoms with Crippen LogP contribution in [0.3, 0.4) is 0 Å². The maximum absolute atomic E-state index is 11.5. The number of hydrogen-bond acceptors (Lipinski definition) is 5. The highest BCUT2D eigenvalue weighted by Crippen LogP contribution is 2.16. The molecule has 1 rings (SSSR count). The van der Waals surface area contributed by atoms with Crippen molar-refractivity contribution < 1.29 is 8.42 Å². The Bertz CT molecular complexity index is 544. The molecule has 0 aliphatic heterocycles. The molecule has 0 aliphatic carbocycles. The van der Waals surface area contributed by atoms with Gasteiger partial charge in [-0.25, -0.2) is 13.4 Å². The van der Waals surface area contributed by atoms with Gasteiger partial charge in [-0.15, -0.1) is 0 Å². The Hall–Kier alpha value is -1.61. The number of rotatable bonds is 4. The number of sulfone groups is 1. The van der Waals surface area contributed by atoms with Crippen molar-refractivity contribution in [1.82, 2.24) is 4.98 Å². The van der Waals surface area contributed by atoms with Crippen LogP contribution in [-0.4, -0.2) is 30.9 Å². The van der Waals surface area contributed by atoms with Crippen molar-refractivity contribution in [3.8, 4) is 6.07 Å². The molecular formula is C11H15N3O2S. The van der Waals surface area contributed by atoms with E-state index in [1.54, 1.807) is 32.0 Å². The van der Waals surface area contributed by atoms with Crippen LogP contribution in [0.2, 0.25) is 0 Å². The van der Waals surface area contributed by atoms with Gasteiger partial charge in [-0.2, -0.15) is 5.26 Å². The van der Waals surface area contributed by atoms with Gasteiger partial charge in [0.2, 0.25) is 0 Å². The quantitative estimate of drug-likeness (QED) is 0.871. The fourth-order valence-electron chi connectivity index (χ4n) is 1.03. The minimum absolute atomic E-state index is 0.244. The molecule has 6 heteroatoms. The predicted molar refractivity (Wildman–Crippen MR) is 66.4 cm³/mol. The summed E-state index contributed by atoms with van der Waals surface area (Å²) in [6.45, 7) is 3.53. The fourth-order valence-corrected chi connectivity index (χ4v) is 1.36. The summed E-state index contributed by atoms with van der Waals surface area (Å²) in [4.78, 5) is 4.01. The van der Waals surface area contributed by atoms with Gasteiger partial charge in [0.25, 0.3) is 0 Å². The van der Waals surface area contributed by atoms with Crippen LogP contribution in [0.5, 0.6) is 0 Å². The lowest BCUT2D eigenvalue weighted by atomic mass is 10.2. The number of anilines is 1. The molecule has 0 aliphatic rings. The molecule has 0 saturated heterocycles. The third-order valence-electron chi connectivity index (χ3n) is 2.56. The van der Waals surface area contributed by atoms with Gasteiger partial charge in [0.15, 0.2) is 9.84 Å². The van der Waals surface area contributed by atoms with E-state index in [0.717, 1.165) is 0 Å². The highest BCUT2D eigenvalue weighted by molar-refractivity contribution is 7.92. The van der Waals surface area contributed by atoms with Crippen molar-refractivity contribution in [2.45, 2.75) is 18.6 Å². The molecule has 0 spiro atoms. The Morgan fingerprint density at radius 2 is 2.12 bits per heavy atom. The van der Waals surface area contributed by atoms with Gasteiger partial charge in [-0.1, -0.05) is 6.07 Å². The summed E-state index contributed by atoms with van der Waals surface area (Å²) in [5.41, 5.74) is 0.298. The molecular weight excluding hydrogens is 238 g/mol. The zero-order valence-electron chi connectivity index (χ0n) is 10.1. The second-order valence-electron chi connectivity index (χ2n) is 4.41. The topological polar surface area (TPSA) is 82.8 Å². The lowest BCUT2D eigenvalue weighted by Crippen LogP contribution is -2.38. The summed E-state index contributed by atoms with van der Waals surface area (Å²) in [7, 11) is -3.14. The molecule has 0 bridgehead atoms. The maximum Gasteiger partial charge on any atom is 0.154 e. The van der Waals surface area contributed by atoms with E-state index in [0.29, 0.717) is 11.5 Å². The van der Waals surface area contributed by atoms with Crippen LogP contribution in [-0.2, 0) is 9.84 Å². The number of pyridine rings is 1. The van der Waals surface area contributed by atoms with Crippen LogP contribution >= 0.6 is 0 Å². The summed E-state index contributed by atoms with van der Waals surface area (Å²) in [6.07, 6.45) is 1.20. The van der Waals surface area contributed by atoms with Crippen molar-refractivity contribution in [2.75, 3.05) is 18.1 Å². The lowest BCUT2D eigenvalue weighted by molar-refractivity contribution is 0.559. The molecule has 1 N–H and O–H groups in total. The third-order valence-corrected chi connectivity index (χ3v) is 4.71. The molecule has 0 fully saturated rings. The molecule has 0 atom stereocenters. The van der Waals surface area contributed by atoms with Crippen LogP contribution in [0.4, 0.5) is 5.82 Å². The molecule has 0 amide bonds. The fraction of sp³-hybridized carbons (Fsp3) is 0.455. The van der Waals surface area contributed by atoms with E-state index >= 15 is 0 Å². The van der Waals surface area contributed by atoms with Crippen molar-refractivity contribution in [3.05, 3.63) is 23.9 Å². The molecule has 5 nitrogen and oxygen atoms in total.